The second kappa shape index (κ2) is 5.48. The predicted molar refractivity (Wildman–Crippen MR) is 63.8 cm³/mol. The molecule has 0 fully saturated rings. The van der Waals surface area contributed by atoms with Gasteiger partial charge in [-0.25, -0.2) is 13.1 Å². The molecule has 0 radical (unpaired) electrons. The highest BCUT2D eigenvalue weighted by molar-refractivity contribution is 7.89. The van der Waals surface area contributed by atoms with Gasteiger partial charge in [0.1, 0.15) is 5.75 Å². The number of nitrogens with one attached hydrogen (secondary N) is 1. The van der Waals surface area contributed by atoms with E-state index in [0.717, 1.165) is 0 Å². The van der Waals surface area contributed by atoms with E-state index in [1.807, 2.05) is 0 Å². The summed E-state index contributed by atoms with van der Waals surface area (Å²) in [6, 6.07) is 4.54. The fourth-order valence-corrected chi connectivity index (χ4v) is 2.63. The third-order valence-corrected chi connectivity index (χ3v) is 3.77. The minimum absolute atomic E-state index is 0.0937. The highest BCUT2D eigenvalue weighted by Crippen LogP contribution is 2.20. The van der Waals surface area contributed by atoms with E-state index in [4.69, 9.17) is 16.3 Å². The molecule has 0 aliphatic carbocycles. The van der Waals surface area contributed by atoms with Crippen molar-refractivity contribution in [1.82, 2.24) is 4.72 Å². The van der Waals surface area contributed by atoms with Crippen LogP contribution < -0.4 is 9.46 Å². The Kier molecular flexibility index (Phi) is 4.50. The first-order chi connectivity index (χ1) is 7.86. The summed E-state index contributed by atoms with van der Waals surface area (Å²) in [7, 11) is -2.23. The SMILES string of the molecule is COc1ccc(S(=O)(=O)NCC(=O)Cl)c(C)c1. The van der Waals surface area contributed by atoms with Gasteiger partial charge < -0.3 is 4.74 Å². The van der Waals surface area contributed by atoms with Crippen molar-refractivity contribution < 1.29 is 17.9 Å². The molecule has 0 heterocycles. The zero-order valence-corrected chi connectivity index (χ0v) is 10.9. The summed E-state index contributed by atoms with van der Waals surface area (Å²) < 4.78 is 30.7. The number of sulfonamides is 1. The molecule has 1 N–H and O–H groups in total. The van der Waals surface area contributed by atoms with Crippen LogP contribution in [0.2, 0.25) is 0 Å². The van der Waals surface area contributed by atoms with Crippen LogP contribution in [-0.4, -0.2) is 27.3 Å². The Bertz CT molecular complexity index is 527. The summed E-state index contributed by atoms with van der Waals surface area (Å²) >= 11 is 5.07. The zero-order chi connectivity index (χ0) is 13.1. The summed E-state index contributed by atoms with van der Waals surface area (Å²) in [5.74, 6) is 0.565. The maximum absolute atomic E-state index is 11.8. The van der Waals surface area contributed by atoms with Crippen LogP contribution >= 0.6 is 11.6 Å². The van der Waals surface area contributed by atoms with Gasteiger partial charge in [0.15, 0.2) is 0 Å². The quantitative estimate of drug-likeness (QED) is 0.817. The number of hydrogen-bond acceptors (Lipinski definition) is 4. The lowest BCUT2D eigenvalue weighted by Gasteiger charge is -2.09. The number of methoxy groups -OCH3 is 1. The van der Waals surface area contributed by atoms with Crippen molar-refractivity contribution in [1.29, 1.82) is 0 Å². The molecule has 1 aromatic carbocycles. The Balaban J connectivity index is 3.03. The molecule has 17 heavy (non-hydrogen) atoms. The molecule has 0 atom stereocenters. The number of aryl methyl sites for hydroxylation is 1. The number of carbonyl (C=O) groups is 1. The van der Waals surface area contributed by atoms with E-state index in [1.165, 1.54) is 19.2 Å². The van der Waals surface area contributed by atoms with E-state index < -0.39 is 21.8 Å². The first kappa shape index (κ1) is 14.0. The maximum Gasteiger partial charge on any atom is 0.241 e. The van der Waals surface area contributed by atoms with Crippen LogP contribution in [0.4, 0.5) is 0 Å². The molecule has 5 nitrogen and oxygen atoms in total. The molecule has 7 heteroatoms. The van der Waals surface area contributed by atoms with Crippen molar-refractivity contribution in [3.05, 3.63) is 23.8 Å². The average Bonchev–Trinajstić information content (AvgIpc) is 2.26. The second-order valence-electron chi connectivity index (χ2n) is 3.31. The second-order valence-corrected chi connectivity index (χ2v) is 5.47. The Morgan fingerprint density at radius 1 is 1.47 bits per heavy atom. The lowest BCUT2D eigenvalue weighted by molar-refractivity contribution is -0.110. The predicted octanol–water partition coefficient (Wildman–Crippen LogP) is 1.05. The van der Waals surface area contributed by atoms with Gasteiger partial charge in [-0.2, -0.15) is 0 Å². The normalized spacial score (nSPS) is 11.2. The number of carbonyl (C=O) groups excluding carboxylic acids is 1. The molecule has 0 unspecified atom stereocenters. The average molecular weight is 278 g/mol. The van der Waals surface area contributed by atoms with Gasteiger partial charge in [-0.05, 0) is 42.3 Å². The Morgan fingerprint density at radius 2 is 2.12 bits per heavy atom. The van der Waals surface area contributed by atoms with E-state index in [9.17, 15) is 13.2 Å². The van der Waals surface area contributed by atoms with Gasteiger partial charge in [0.25, 0.3) is 0 Å². The molecule has 0 bridgehead atoms. The van der Waals surface area contributed by atoms with Crippen LogP contribution in [-0.2, 0) is 14.8 Å². The standard InChI is InChI=1S/C10H12ClNO4S/c1-7-5-8(16-2)3-4-9(7)17(14,15)12-6-10(11)13/h3-5,12H,6H2,1-2H3. The lowest BCUT2D eigenvalue weighted by Crippen LogP contribution is -2.28. The fourth-order valence-electron chi connectivity index (χ4n) is 1.28. The van der Waals surface area contributed by atoms with E-state index in [1.54, 1.807) is 13.0 Å². The smallest absolute Gasteiger partial charge is 0.241 e. The van der Waals surface area contributed by atoms with Crippen molar-refractivity contribution in [2.45, 2.75) is 11.8 Å². The summed E-state index contributed by atoms with van der Waals surface area (Å²) in [6.45, 7) is 1.20. The van der Waals surface area contributed by atoms with Crippen molar-refractivity contribution in [3.8, 4) is 5.75 Å². The molecular weight excluding hydrogens is 266 g/mol. The molecule has 94 valence electrons. The molecular formula is C10H12ClNO4S. The molecule has 1 rings (SSSR count). The molecule has 0 aromatic heterocycles. The van der Waals surface area contributed by atoms with Crippen LogP contribution in [0.15, 0.2) is 23.1 Å². The summed E-state index contributed by atoms with van der Waals surface area (Å²) in [6.07, 6.45) is 0. The van der Waals surface area contributed by atoms with Gasteiger partial charge in [0.2, 0.25) is 15.3 Å². The topological polar surface area (TPSA) is 72.5 Å². The summed E-state index contributed by atoms with van der Waals surface area (Å²) in [4.78, 5) is 10.6. The van der Waals surface area contributed by atoms with Crippen LogP contribution in [0, 0.1) is 6.92 Å². The van der Waals surface area contributed by atoms with Gasteiger partial charge in [-0.1, -0.05) is 0 Å². The zero-order valence-electron chi connectivity index (χ0n) is 9.36. The number of halogens is 1. The highest BCUT2D eigenvalue weighted by Gasteiger charge is 2.17. The maximum atomic E-state index is 11.8. The van der Waals surface area contributed by atoms with Crippen molar-refractivity contribution >= 4 is 26.9 Å². The van der Waals surface area contributed by atoms with Gasteiger partial charge in [-0.15, -0.1) is 0 Å². The monoisotopic (exact) mass is 277 g/mol. The number of hydrogen-bond donors (Lipinski definition) is 1. The lowest BCUT2D eigenvalue weighted by atomic mass is 10.2. The van der Waals surface area contributed by atoms with E-state index in [-0.39, 0.29) is 4.90 Å². The highest BCUT2D eigenvalue weighted by atomic mass is 35.5. The molecule has 0 aliphatic rings. The fraction of sp³-hybridized carbons (Fsp3) is 0.300. The van der Waals surface area contributed by atoms with Crippen molar-refractivity contribution in [2.75, 3.05) is 13.7 Å². The van der Waals surface area contributed by atoms with Gasteiger partial charge >= 0.3 is 0 Å². The molecule has 0 aliphatic heterocycles. The first-order valence-corrected chi connectivity index (χ1v) is 6.55. The van der Waals surface area contributed by atoms with Gasteiger partial charge in [0.05, 0.1) is 18.6 Å². The van der Waals surface area contributed by atoms with Crippen molar-refractivity contribution in [2.24, 2.45) is 0 Å². The van der Waals surface area contributed by atoms with E-state index >= 15 is 0 Å². The molecule has 0 saturated carbocycles. The van der Waals surface area contributed by atoms with Gasteiger partial charge in [-0.3, -0.25) is 4.79 Å². The number of benzene rings is 1. The largest absolute Gasteiger partial charge is 0.497 e. The molecule has 0 saturated heterocycles. The Labute approximate surface area is 105 Å². The minimum atomic E-state index is -3.72. The number of ether oxygens (including phenoxy) is 1. The first-order valence-electron chi connectivity index (χ1n) is 4.69. The third kappa shape index (κ3) is 3.69. The Hall–Kier alpha value is -1.11. The molecule has 0 amide bonds. The summed E-state index contributed by atoms with van der Waals surface area (Å²) in [5, 5.41) is -0.764. The van der Waals surface area contributed by atoms with Crippen LogP contribution in [0.3, 0.4) is 0 Å². The third-order valence-electron chi connectivity index (χ3n) is 2.07. The van der Waals surface area contributed by atoms with Crippen LogP contribution in [0.5, 0.6) is 5.75 Å². The molecule has 1 aromatic rings. The van der Waals surface area contributed by atoms with Crippen molar-refractivity contribution in [3.63, 3.8) is 0 Å². The van der Waals surface area contributed by atoms with E-state index in [0.29, 0.717) is 11.3 Å². The van der Waals surface area contributed by atoms with Crippen LogP contribution in [0.1, 0.15) is 5.56 Å². The van der Waals surface area contributed by atoms with E-state index in [2.05, 4.69) is 4.72 Å². The number of rotatable bonds is 5. The minimum Gasteiger partial charge on any atom is -0.497 e. The van der Waals surface area contributed by atoms with Crippen LogP contribution in [0.25, 0.3) is 0 Å². The molecule has 0 spiro atoms. The Morgan fingerprint density at radius 3 is 2.59 bits per heavy atom. The summed E-state index contributed by atoms with van der Waals surface area (Å²) in [5.41, 5.74) is 0.527. The van der Waals surface area contributed by atoms with Gasteiger partial charge in [0, 0.05) is 0 Å².